The first-order valence-corrected chi connectivity index (χ1v) is 14.1. The van der Waals surface area contributed by atoms with E-state index in [0.717, 1.165) is 0 Å². The Morgan fingerprint density at radius 3 is 1.52 bits per heavy atom. The topological polar surface area (TPSA) is 201 Å². The van der Waals surface area contributed by atoms with Gasteiger partial charge in [0.05, 0.1) is 11.4 Å². The van der Waals surface area contributed by atoms with Crippen molar-refractivity contribution in [2.24, 2.45) is 0 Å². The lowest BCUT2D eigenvalue weighted by Gasteiger charge is -2.20. The number of nitriles is 2. The lowest BCUT2D eigenvalue weighted by molar-refractivity contribution is 0.0964. The third kappa shape index (κ3) is 4.97. The van der Waals surface area contributed by atoms with E-state index in [1.165, 1.54) is 0 Å². The van der Waals surface area contributed by atoms with Crippen molar-refractivity contribution in [1.29, 1.82) is 10.5 Å². The van der Waals surface area contributed by atoms with Crippen LogP contribution >= 0.6 is 0 Å². The molecule has 11 nitrogen and oxygen atoms in total. The standard InChI is InChI=1S/C33H26N8O3/c34-15-21-27(29-23(40-31(21)36)9-3-11-25(29)42)17-5-1-7-19(13-17)38-33(44)39-20-8-2-6-18(14-20)28-22(16-35)32(37)41-24-10-4-12-26(43)30(24)28/h1-2,5-8,13-14H,3-4,9-12H2,(H2,36,40)(H2,37,41)(H2,38,39,44). The monoisotopic (exact) mass is 582 g/mol. The molecule has 0 saturated carbocycles. The van der Waals surface area contributed by atoms with Gasteiger partial charge in [-0.05, 0) is 61.1 Å². The molecule has 2 aromatic carbocycles. The van der Waals surface area contributed by atoms with Crippen molar-refractivity contribution in [3.8, 4) is 34.4 Å². The lowest BCUT2D eigenvalue weighted by Crippen LogP contribution is -2.20. The molecule has 2 aromatic heterocycles. The molecule has 0 fully saturated rings. The Labute approximate surface area is 252 Å². The molecule has 0 aliphatic heterocycles. The number of nitrogens with one attached hydrogen (secondary N) is 2. The van der Waals surface area contributed by atoms with Crippen LogP contribution < -0.4 is 22.1 Å². The van der Waals surface area contributed by atoms with Crippen molar-refractivity contribution in [2.45, 2.75) is 38.5 Å². The van der Waals surface area contributed by atoms with Gasteiger partial charge >= 0.3 is 6.03 Å². The Morgan fingerprint density at radius 2 is 1.11 bits per heavy atom. The number of fused-ring (bicyclic) bond motifs is 2. The number of nitrogen functional groups attached to an aromatic ring is 2. The van der Waals surface area contributed by atoms with Crippen LogP contribution in [0.5, 0.6) is 0 Å². The van der Waals surface area contributed by atoms with Gasteiger partial charge in [-0.1, -0.05) is 24.3 Å². The summed E-state index contributed by atoms with van der Waals surface area (Å²) in [7, 11) is 0. The van der Waals surface area contributed by atoms with Gasteiger partial charge in [0.2, 0.25) is 0 Å². The molecule has 6 N–H and O–H groups in total. The number of anilines is 4. The normalized spacial score (nSPS) is 13.7. The number of carbonyl (C=O) groups is 3. The molecule has 0 saturated heterocycles. The summed E-state index contributed by atoms with van der Waals surface area (Å²) in [5, 5.41) is 25.3. The largest absolute Gasteiger partial charge is 0.383 e. The SMILES string of the molecule is N#Cc1c(N)nc2c(c1-c1cccc(NC(=O)Nc3cccc(-c4c(C#N)c(N)nc5c4C(=O)CCC5)c3)c1)C(=O)CCC2. The number of ketones is 2. The van der Waals surface area contributed by atoms with Gasteiger partial charge < -0.3 is 22.1 Å². The zero-order valence-corrected chi connectivity index (χ0v) is 23.5. The first-order valence-electron chi connectivity index (χ1n) is 14.1. The summed E-state index contributed by atoms with van der Waals surface area (Å²) in [6.45, 7) is 0. The molecule has 216 valence electrons. The van der Waals surface area contributed by atoms with Crippen molar-refractivity contribution in [2.75, 3.05) is 22.1 Å². The summed E-state index contributed by atoms with van der Waals surface area (Å²) in [6.07, 6.45) is 3.21. The first-order chi connectivity index (χ1) is 21.3. The minimum Gasteiger partial charge on any atom is -0.383 e. The number of amides is 2. The third-order valence-corrected chi connectivity index (χ3v) is 7.83. The van der Waals surface area contributed by atoms with Crippen LogP contribution in [0.2, 0.25) is 0 Å². The molecule has 0 atom stereocenters. The minimum absolute atomic E-state index is 0.0606. The molecule has 11 heteroatoms. The van der Waals surface area contributed by atoms with Crippen LogP contribution in [0.1, 0.15) is 68.9 Å². The fourth-order valence-electron chi connectivity index (χ4n) is 5.96. The second-order valence-corrected chi connectivity index (χ2v) is 10.7. The highest BCUT2D eigenvalue weighted by Crippen LogP contribution is 2.38. The fraction of sp³-hybridized carbons (Fsp3) is 0.182. The number of hydrogen-bond donors (Lipinski definition) is 4. The molecule has 2 aliphatic rings. The summed E-state index contributed by atoms with van der Waals surface area (Å²) in [4.78, 5) is 47.5. The second kappa shape index (κ2) is 11.3. The highest BCUT2D eigenvalue weighted by Gasteiger charge is 2.29. The van der Waals surface area contributed by atoms with Crippen LogP contribution in [0.4, 0.5) is 27.8 Å². The molecule has 44 heavy (non-hydrogen) atoms. The van der Waals surface area contributed by atoms with E-state index in [2.05, 4.69) is 32.7 Å². The van der Waals surface area contributed by atoms with Crippen LogP contribution in [0.15, 0.2) is 48.5 Å². The van der Waals surface area contributed by atoms with Crippen molar-refractivity contribution < 1.29 is 14.4 Å². The van der Waals surface area contributed by atoms with Crippen LogP contribution in [0.25, 0.3) is 22.3 Å². The van der Waals surface area contributed by atoms with Gasteiger partial charge in [-0.15, -0.1) is 0 Å². The van der Waals surface area contributed by atoms with Gasteiger partial charge in [-0.3, -0.25) is 9.59 Å². The Bertz CT molecular complexity index is 1850. The van der Waals surface area contributed by atoms with Gasteiger partial charge in [-0.2, -0.15) is 10.5 Å². The number of Topliss-reactive ketones (excluding diaryl/α,β-unsaturated/α-hetero) is 2. The van der Waals surface area contributed by atoms with Gasteiger partial charge in [0, 0.05) is 46.5 Å². The Balaban J connectivity index is 1.30. The van der Waals surface area contributed by atoms with Crippen LogP contribution in [-0.2, 0) is 12.8 Å². The molecule has 0 unspecified atom stereocenters. The molecule has 4 aromatic rings. The van der Waals surface area contributed by atoms with Crippen LogP contribution in [-0.4, -0.2) is 27.6 Å². The Hall–Kier alpha value is -6.07. The van der Waals surface area contributed by atoms with Crippen molar-refractivity contribution in [3.63, 3.8) is 0 Å². The molecular weight excluding hydrogens is 556 g/mol. The van der Waals surface area contributed by atoms with E-state index in [9.17, 15) is 24.9 Å². The van der Waals surface area contributed by atoms with Crippen LogP contribution in [0.3, 0.4) is 0 Å². The maximum atomic E-state index is 13.1. The average Bonchev–Trinajstić information content (AvgIpc) is 3.00. The predicted octanol–water partition coefficient (Wildman–Crippen LogP) is 5.40. The quantitative estimate of drug-likeness (QED) is 0.243. The van der Waals surface area contributed by atoms with E-state index in [1.807, 2.05) is 0 Å². The number of carbonyl (C=O) groups excluding carboxylic acids is 3. The number of nitrogens with two attached hydrogens (primary N) is 2. The Kier molecular flexibility index (Phi) is 7.21. The summed E-state index contributed by atoms with van der Waals surface area (Å²) >= 11 is 0. The third-order valence-electron chi connectivity index (χ3n) is 7.83. The number of benzene rings is 2. The molecule has 2 heterocycles. The zero-order valence-electron chi connectivity index (χ0n) is 23.5. The number of rotatable bonds is 4. The minimum atomic E-state index is -0.556. The zero-order chi connectivity index (χ0) is 31.0. The fourth-order valence-corrected chi connectivity index (χ4v) is 5.96. The van der Waals surface area contributed by atoms with Gasteiger partial charge in [0.1, 0.15) is 34.9 Å². The first kappa shape index (κ1) is 28.1. The molecule has 0 bridgehead atoms. The van der Waals surface area contributed by atoms with Crippen LogP contribution in [0, 0.1) is 22.7 Å². The van der Waals surface area contributed by atoms with Crippen molar-refractivity contribution in [3.05, 3.63) is 82.2 Å². The van der Waals surface area contributed by atoms with E-state index in [0.29, 0.717) is 94.7 Å². The Morgan fingerprint density at radius 1 is 0.682 bits per heavy atom. The molecule has 0 spiro atoms. The van der Waals surface area contributed by atoms with Crippen molar-refractivity contribution >= 4 is 40.6 Å². The summed E-state index contributed by atoms with van der Waals surface area (Å²) < 4.78 is 0. The average molecular weight is 583 g/mol. The molecule has 2 aliphatic carbocycles. The van der Waals surface area contributed by atoms with E-state index >= 15 is 0 Å². The summed E-state index contributed by atoms with van der Waals surface area (Å²) in [6, 6.07) is 17.2. The number of urea groups is 1. The van der Waals surface area contributed by atoms with Crippen molar-refractivity contribution in [1.82, 2.24) is 9.97 Å². The number of aryl methyl sites for hydroxylation is 2. The molecule has 0 radical (unpaired) electrons. The predicted molar refractivity (Wildman–Crippen MR) is 165 cm³/mol. The van der Waals surface area contributed by atoms with Gasteiger partial charge in [0.15, 0.2) is 11.6 Å². The number of hydrogen-bond acceptors (Lipinski definition) is 9. The van der Waals surface area contributed by atoms with E-state index in [4.69, 9.17) is 11.5 Å². The highest BCUT2D eigenvalue weighted by molar-refractivity contribution is 6.08. The number of aromatic nitrogens is 2. The number of pyridine rings is 2. The molecular formula is C33H26N8O3. The summed E-state index contributed by atoms with van der Waals surface area (Å²) in [5.74, 6) is -0.0738. The van der Waals surface area contributed by atoms with E-state index in [-0.39, 0.29) is 34.3 Å². The molecule has 2 amide bonds. The maximum absolute atomic E-state index is 13.1. The highest BCUT2D eigenvalue weighted by atomic mass is 16.2. The smallest absolute Gasteiger partial charge is 0.323 e. The van der Waals surface area contributed by atoms with E-state index in [1.54, 1.807) is 48.5 Å². The maximum Gasteiger partial charge on any atom is 0.323 e. The van der Waals surface area contributed by atoms with Gasteiger partial charge in [-0.25, -0.2) is 14.8 Å². The lowest BCUT2D eigenvalue weighted by atomic mass is 9.85. The molecule has 6 rings (SSSR count). The number of nitrogens with zero attached hydrogens (tertiary/aromatic N) is 4. The summed E-state index contributed by atoms with van der Waals surface area (Å²) in [5.41, 5.74) is 17.1. The van der Waals surface area contributed by atoms with E-state index < -0.39 is 6.03 Å². The van der Waals surface area contributed by atoms with Gasteiger partial charge in [0.25, 0.3) is 0 Å². The second-order valence-electron chi connectivity index (χ2n) is 10.7.